The first-order chi connectivity index (χ1) is 13.1. The van der Waals surface area contributed by atoms with Crippen LogP contribution in [0.25, 0.3) is 0 Å². The van der Waals surface area contributed by atoms with Crippen LogP contribution in [0.5, 0.6) is 0 Å². The largest absolute Gasteiger partial charge is 0.417 e. The molecule has 2 aromatic rings. The van der Waals surface area contributed by atoms with Gasteiger partial charge in [0.15, 0.2) is 0 Å². The Bertz CT molecular complexity index is 942. The van der Waals surface area contributed by atoms with Crippen molar-refractivity contribution in [3.8, 4) is 0 Å². The highest BCUT2D eigenvalue weighted by molar-refractivity contribution is 7.89. The van der Waals surface area contributed by atoms with Crippen molar-refractivity contribution < 1.29 is 21.6 Å². The van der Waals surface area contributed by atoms with E-state index in [1.54, 1.807) is 29.2 Å². The summed E-state index contributed by atoms with van der Waals surface area (Å²) in [6.45, 7) is 2.94. The average Bonchev–Trinajstić information content (AvgIpc) is 2.67. The van der Waals surface area contributed by atoms with Gasteiger partial charge in [0, 0.05) is 32.4 Å². The van der Waals surface area contributed by atoms with Gasteiger partial charge in [0.05, 0.1) is 15.5 Å². The van der Waals surface area contributed by atoms with Gasteiger partial charge >= 0.3 is 6.18 Å². The molecule has 3 rings (SSSR count). The maximum atomic E-state index is 12.8. The lowest BCUT2D eigenvalue weighted by Gasteiger charge is -2.35. The van der Waals surface area contributed by atoms with E-state index in [-0.39, 0.29) is 41.9 Å². The van der Waals surface area contributed by atoms with E-state index in [1.807, 2.05) is 6.92 Å². The third-order valence-electron chi connectivity index (χ3n) is 4.66. The van der Waals surface area contributed by atoms with Crippen molar-refractivity contribution in [3.63, 3.8) is 0 Å². The zero-order valence-electron chi connectivity index (χ0n) is 15.1. The van der Waals surface area contributed by atoms with Gasteiger partial charge in [0.2, 0.25) is 10.0 Å². The number of hydrogen-bond acceptors (Lipinski definition) is 4. The smallest absolute Gasteiger partial charge is 0.353 e. The molecule has 2 heterocycles. The van der Waals surface area contributed by atoms with Gasteiger partial charge in [-0.05, 0) is 30.2 Å². The van der Waals surface area contributed by atoms with Crippen LogP contribution in [0.2, 0.25) is 5.02 Å². The lowest BCUT2D eigenvalue weighted by atomic mass is 10.2. The first-order valence-electron chi connectivity index (χ1n) is 8.69. The van der Waals surface area contributed by atoms with Crippen molar-refractivity contribution >= 4 is 27.4 Å². The summed E-state index contributed by atoms with van der Waals surface area (Å²) in [6.07, 6.45) is -2.96. The molecule has 1 aliphatic rings. The van der Waals surface area contributed by atoms with Gasteiger partial charge < -0.3 is 4.90 Å². The highest BCUT2D eigenvalue weighted by Crippen LogP contribution is 2.34. The number of benzene rings is 1. The molecular weight excluding hydrogens is 415 g/mol. The van der Waals surface area contributed by atoms with E-state index in [0.29, 0.717) is 0 Å². The molecule has 0 N–H and O–H groups in total. The van der Waals surface area contributed by atoms with Gasteiger partial charge in [-0.1, -0.05) is 30.7 Å². The predicted molar refractivity (Wildman–Crippen MR) is 101 cm³/mol. The Kier molecular flexibility index (Phi) is 5.88. The number of piperazine rings is 1. The Morgan fingerprint density at radius 2 is 1.71 bits per heavy atom. The second kappa shape index (κ2) is 7.88. The number of nitrogens with zero attached hydrogens (tertiary/aromatic N) is 3. The van der Waals surface area contributed by atoms with Crippen LogP contribution in [0.15, 0.2) is 41.4 Å². The fourth-order valence-corrected chi connectivity index (χ4v) is 4.71. The van der Waals surface area contributed by atoms with Crippen LogP contribution in [-0.2, 0) is 22.6 Å². The lowest BCUT2D eigenvalue weighted by molar-refractivity contribution is -0.137. The Morgan fingerprint density at radius 3 is 2.21 bits per heavy atom. The van der Waals surface area contributed by atoms with Crippen molar-refractivity contribution in [2.24, 2.45) is 0 Å². The van der Waals surface area contributed by atoms with Crippen molar-refractivity contribution in [3.05, 3.63) is 52.7 Å². The summed E-state index contributed by atoms with van der Waals surface area (Å²) in [4.78, 5) is 5.75. The van der Waals surface area contributed by atoms with E-state index in [2.05, 4.69) is 4.98 Å². The van der Waals surface area contributed by atoms with Gasteiger partial charge in [-0.2, -0.15) is 17.5 Å². The number of alkyl halides is 3. The molecule has 0 unspecified atom stereocenters. The van der Waals surface area contributed by atoms with E-state index in [9.17, 15) is 21.6 Å². The molecule has 28 heavy (non-hydrogen) atoms. The number of rotatable bonds is 4. The highest BCUT2D eigenvalue weighted by atomic mass is 35.5. The van der Waals surface area contributed by atoms with Gasteiger partial charge in [-0.3, -0.25) is 0 Å². The zero-order chi connectivity index (χ0) is 20.5. The predicted octanol–water partition coefficient (Wildman–Crippen LogP) is 3.83. The number of aryl methyl sites for hydroxylation is 1. The van der Waals surface area contributed by atoms with E-state index >= 15 is 0 Å². The van der Waals surface area contributed by atoms with Gasteiger partial charge in [-0.15, -0.1) is 0 Å². The fourth-order valence-electron chi connectivity index (χ4n) is 3.00. The van der Waals surface area contributed by atoms with Crippen LogP contribution in [0.1, 0.15) is 18.1 Å². The van der Waals surface area contributed by atoms with Crippen LogP contribution >= 0.6 is 11.6 Å². The summed E-state index contributed by atoms with van der Waals surface area (Å²) in [6, 6.07) is 7.59. The maximum Gasteiger partial charge on any atom is 0.417 e. The molecule has 0 spiro atoms. The molecule has 1 aliphatic heterocycles. The molecule has 0 saturated carbocycles. The number of halogens is 4. The quantitative estimate of drug-likeness (QED) is 0.735. The molecule has 0 atom stereocenters. The fraction of sp³-hybridized carbons (Fsp3) is 0.389. The molecule has 0 amide bonds. The number of pyridine rings is 1. The minimum atomic E-state index is -4.52. The van der Waals surface area contributed by atoms with Crippen molar-refractivity contribution in [2.75, 3.05) is 31.1 Å². The number of hydrogen-bond donors (Lipinski definition) is 0. The molecule has 1 saturated heterocycles. The molecule has 10 heteroatoms. The van der Waals surface area contributed by atoms with Crippen LogP contribution in [0.3, 0.4) is 0 Å². The Labute approximate surface area is 166 Å². The Balaban J connectivity index is 1.72. The van der Waals surface area contributed by atoms with Gasteiger partial charge in [0.1, 0.15) is 5.82 Å². The maximum absolute atomic E-state index is 12.8. The van der Waals surface area contributed by atoms with Crippen LogP contribution in [0, 0.1) is 0 Å². The van der Waals surface area contributed by atoms with Crippen molar-refractivity contribution in [1.82, 2.24) is 9.29 Å². The molecule has 0 bridgehead atoms. The summed E-state index contributed by atoms with van der Waals surface area (Å²) >= 11 is 5.98. The number of anilines is 1. The third-order valence-corrected chi connectivity index (χ3v) is 6.85. The molecule has 1 aromatic carbocycles. The summed E-state index contributed by atoms with van der Waals surface area (Å²) in [5.41, 5.74) is 0.129. The number of aromatic nitrogens is 1. The summed E-state index contributed by atoms with van der Waals surface area (Å²) < 4.78 is 65.2. The third kappa shape index (κ3) is 4.26. The minimum absolute atomic E-state index is 0.110. The molecule has 0 aliphatic carbocycles. The normalized spacial score (nSPS) is 16.4. The topological polar surface area (TPSA) is 53.5 Å². The zero-order valence-corrected chi connectivity index (χ0v) is 16.7. The summed E-state index contributed by atoms with van der Waals surface area (Å²) in [5, 5.41) is -0.110. The van der Waals surface area contributed by atoms with E-state index in [4.69, 9.17) is 11.6 Å². The van der Waals surface area contributed by atoms with E-state index in [1.165, 1.54) is 4.31 Å². The van der Waals surface area contributed by atoms with E-state index in [0.717, 1.165) is 24.2 Å². The van der Waals surface area contributed by atoms with E-state index < -0.39 is 21.8 Å². The van der Waals surface area contributed by atoms with Crippen molar-refractivity contribution in [1.29, 1.82) is 0 Å². The Hall–Kier alpha value is -1.84. The minimum Gasteiger partial charge on any atom is -0.353 e. The number of sulfonamides is 1. The molecule has 152 valence electrons. The second-order valence-corrected chi connectivity index (χ2v) is 8.76. The Morgan fingerprint density at radius 1 is 1.11 bits per heavy atom. The molecule has 5 nitrogen and oxygen atoms in total. The molecular formula is C18H19ClF3N3O2S. The summed E-state index contributed by atoms with van der Waals surface area (Å²) in [7, 11) is -3.62. The molecule has 0 radical (unpaired) electrons. The van der Waals surface area contributed by atoms with Gasteiger partial charge in [0.25, 0.3) is 0 Å². The van der Waals surface area contributed by atoms with Crippen LogP contribution < -0.4 is 4.90 Å². The molecule has 1 aromatic heterocycles. The molecule has 1 fully saturated rings. The lowest BCUT2D eigenvalue weighted by Crippen LogP contribution is -2.49. The first kappa shape index (κ1) is 20.9. The van der Waals surface area contributed by atoms with Crippen LogP contribution in [-0.4, -0.2) is 43.9 Å². The standard InChI is InChI=1S/C18H19ClF3N3O2S/c1-2-13-3-5-15(6-4-13)28(26,27)25-9-7-24(8-10-25)17-16(19)11-14(12-23-17)18(20,21)22/h3-6,11-12H,2,7-10H2,1H3. The summed E-state index contributed by atoms with van der Waals surface area (Å²) in [5.74, 6) is 0.221. The first-order valence-corrected chi connectivity index (χ1v) is 10.5. The highest BCUT2D eigenvalue weighted by Gasteiger charge is 2.33. The van der Waals surface area contributed by atoms with Crippen molar-refractivity contribution in [2.45, 2.75) is 24.4 Å². The van der Waals surface area contributed by atoms with Gasteiger partial charge in [-0.25, -0.2) is 13.4 Å². The SMILES string of the molecule is CCc1ccc(S(=O)(=O)N2CCN(c3ncc(C(F)(F)F)cc3Cl)CC2)cc1. The second-order valence-electron chi connectivity index (χ2n) is 6.42. The monoisotopic (exact) mass is 433 g/mol. The van der Waals surface area contributed by atoms with Crippen LogP contribution in [0.4, 0.5) is 19.0 Å². The average molecular weight is 434 g/mol.